The van der Waals surface area contributed by atoms with Crippen LogP contribution in [0.2, 0.25) is 0 Å². The lowest BCUT2D eigenvalue weighted by Gasteiger charge is -2.10. The van der Waals surface area contributed by atoms with Crippen LogP contribution >= 0.6 is 0 Å². The van der Waals surface area contributed by atoms with Gasteiger partial charge in [-0.05, 0) is 57.2 Å². The Morgan fingerprint density at radius 2 is 2.00 bits per heavy atom. The van der Waals surface area contributed by atoms with E-state index in [2.05, 4.69) is 32.0 Å². The normalized spacial score (nSPS) is 12.5. The molecule has 0 spiro atoms. The maximum absolute atomic E-state index is 9.11. The summed E-state index contributed by atoms with van der Waals surface area (Å²) < 4.78 is 5.72. The molecule has 0 amide bonds. The van der Waals surface area contributed by atoms with Gasteiger partial charge in [-0.1, -0.05) is 12.1 Å². The van der Waals surface area contributed by atoms with Crippen molar-refractivity contribution in [3.63, 3.8) is 0 Å². The van der Waals surface area contributed by atoms with E-state index >= 15 is 0 Å². The van der Waals surface area contributed by atoms with Crippen LogP contribution in [-0.2, 0) is 0 Å². The van der Waals surface area contributed by atoms with Crippen LogP contribution in [0.3, 0.4) is 0 Å². The lowest BCUT2D eigenvalue weighted by atomic mass is 10.1. The van der Waals surface area contributed by atoms with E-state index in [0.29, 0.717) is 0 Å². The van der Waals surface area contributed by atoms with Gasteiger partial charge in [0.15, 0.2) is 0 Å². The molecule has 0 aliphatic carbocycles. The predicted molar refractivity (Wildman–Crippen MR) is 66.9 cm³/mol. The van der Waals surface area contributed by atoms with Crippen molar-refractivity contribution in [1.82, 2.24) is 0 Å². The molecule has 1 atom stereocenters. The van der Waals surface area contributed by atoms with Crippen LogP contribution in [0.1, 0.15) is 37.3 Å². The van der Waals surface area contributed by atoms with Crippen molar-refractivity contribution < 1.29 is 9.84 Å². The fraction of sp³-hybridized carbons (Fsp3) is 0.571. The summed E-state index contributed by atoms with van der Waals surface area (Å²) >= 11 is 0. The van der Waals surface area contributed by atoms with Crippen LogP contribution < -0.4 is 4.74 Å². The number of aliphatic hydroxyl groups is 1. The summed E-state index contributed by atoms with van der Waals surface area (Å²) in [6.45, 7) is 6.69. The van der Waals surface area contributed by atoms with Gasteiger partial charge < -0.3 is 9.84 Å². The quantitative estimate of drug-likeness (QED) is 0.749. The first-order valence-electron chi connectivity index (χ1n) is 5.97. The smallest absolute Gasteiger partial charge is 0.122 e. The summed E-state index contributed by atoms with van der Waals surface area (Å²) in [6.07, 6.45) is 2.68. The molecule has 2 nitrogen and oxygen atoms in total. The van der Waals surface area contributed by atoms with Crippen LogP contribution in [0.4, 0.5) is 0 Å². The molecule has 2 heteroatoms. The van der Waals surface area contributed by atoms with Gasteiger partial charge in [0, 0.05) is 0 Å². The summed E-state index contributed by atoms with van der Waals surface area (Å²) in [5, 5.41) is 9.11. The summed E-state index contributed by atoms with van der Waals surface area (Å²) in [5.41, 5.74) is 2.41. The number of rotatable bonds is 6. The van der Waals surface area contributed by atoms with Crippen molar-refractivity contribution in [1.29, 1.82) is 0 Å². The third kappa shape index (κ3) is 4.67. The molecule has 0 aliphatic heterocycles. The highest BCUT2D eigenvalue weighted by atomic mass is 16.5. The maximum atomic E-state index is 9.11. The minimum atomic E-state index is -0.194. The van der Waals surface area contributed by atoms with E-state index in [1.54, 1.807) is 0 Å². The molecule has 0 aromatic heterocycles. The first-order chi connectivity index (χ1) is 7.59. The second kappa shape index (κ2) is 6.54. The topological polar surface area (TPSA) is 29.5 Å². The molecule has 1 unspecified atom stereocenters. The number of aryl methyl sites for hydroxylation is 2. The van der Waals surface area contributed by atoms with Gasteiger partial charge in [0.05, 0.1) is 12.7 Å². The van der Waals surface area contributed by atoms with Gasteiger partial charge in [0.2, 0.25) is 0 Å². The van der Waals surface area contributed by atoms with E-state index < -0.39 is 0 Å². The molecule has 0 bridgehead atoms. The lowest BCUT2D eigenvalue weighted by Crippen LogP contribution is -2.03. The molecule has 1 aromatic carbocycles. The van der Waals surface area contributed by atoms with E-state index in [0.717, 1.165) is 31.6 Å². The molecule has 1 rings (SSSR count). The second-order valence-electron chi connectivity index (χ2n) is 4.46. The fourth-order valence-corrected chi connectivity index (χ4v) is 1.59. The second-order valence-corrected chi connectivity index (χ2v) is 4.46. The Balaban J connectivity index is 2.29. The van der Waals surface area contributed by atoms with Gasteiger partial charge in [-0.2, -0.15) is 0 Å². The Morgan fingerprint density at radius 1 is 1.25 bits per heavy atom. The standard InChI is InChI=1S/C14H22O2/c1-11-7-8-12(2)14(10-11)16-9-5-4-6-13(3)15/h7-8,10,13,15H,4-6,9H2,1-3H3. The fourth-order valence-electron chi connectivity index (χ4n) is 1.59. The zero-order valence-corrected chi connectivity index (χ0v) is 10.5. The molecule has 0 radical (unpaired) electrons. The summed E-state index contributed by atoms with van der Waals surface area (Å²) in [5.74, 6) is 0.983. The number of benzene rings is 1. The maximum Gasteiger partial charge on any atom is 0.122 e. The molecule has 90 valence electrons. The number of unbranched alkanes of at least 4 members (excludes halogenated alkanes) is 1. The summed E-state index contributed by atoms with van der Waals surface area (Å²) in [6, 6.07) is 6.25. The van der Waals surface area contributed by atoms with Crippen LogP contribution in [0.15, 0.2) is 18.2 Å². The van der Waals surface area contributed by atoms with E-state index in [9.17, 15) is 0 Å². The molecule has 0 heterocycles. The number of hydrogen-bond acceptors (Lipinski definition) is 2. The molecular formula is C14H22O2. The monoisotopic (exact) mass is 222 g/mol. The van der Waals surface area contributed by atoms with Crippen LogP contribution in [0.5, 0.6) is 5.75 Å². The zero-order valence-electron chi connectivity index (χ0n) is 10.5. The van der Waals surface area contributed by atoms with Gasteiger partial charge in [0.1, 0.15) is 5.75 Å². The Kier molecular flexibility index (Phi) is 5.33. The van der Waals surface area contributed by atoms with Crippen LogP contribution in [0, 0.1) is 13.8 Å². The van der Waals surface area contributed by atoms with Crippen LogP contribution in [-0.4, -0.2) is 17.8 Å². The van der Waals surface area contributed by atoms with Crippen molar-refractivity contribution in [2.24, 2.45) is 0 Å². The molecule has 16 heavy (non-hydrogen) atoms. The molecule has 0 saturated heterocycles. The molecule has 0 aliphatic rings. The van der Waals surface area contributed by atoms with Gasteiger partial charge in [-0.15, -0.1) is 0 Å². The largest absolute Gasteiger partial charge is 0.493 e. The van der Waals surface area contributed by atoms with Crippen molar-refractivity contribution >= 4 is 0 Å². The van der Waals surface area contributed by atoms with E-state index in [1.807, 2.05) is 6.92 Å². The molecule has 1 aromatic rings. The van der Waals surface area contributed by atoms with Crippen LogP contribution in [0.25, 0.3) is 0 Å². The predicted octanol–water partition coefficient (Wildman–Crippen LogP) is 3.23. The molecule has 1 N–H and O–H groups in total. The molecule has 0 fully saturated rings. The van der Waals surface area contributed by atoms with Crippen molar-refractivity contribution in [2.75, 3.05) is 6.61 Å². The third-order valence-electron chi connectivity index (χ3n) is 2.62. The zero-order chi connectivity index (χ0) is 12.0. The first kappa shape index (κ1) is 13.0. The Labute approximate surface area is 98.3 Å². The number of hydrogen-bond donors (Lipinski definition) is 1. The van der Waals surface area contributed by atoms with Gasteiger partial charge in [-0.25, -0.2) is 0 Å². The van der Waals surface area contributed by atoms with E-state index in [4.69, 9.17) is 9.84 Å². The van der Waals surface area contributed by atoms with E-state index in [1.165, 1.54) is 11.1 Å². The Bertz CT molecular complexity index is 319. The van der Waals surface area contributed by atoms with Gasteiger partial charge in [0.25, 0.3) is 0 Å². The molecule has 0 saturated carbocycles. The average molecular weight is 222 g/mol. The Hall–Kier alpha value is -1.02. The van der Waals surface area contributed by atoms with Gasteiger partial charge in [-0.3, -0.25) is 0 Å². The highest BCUT2D eigenvalue weighted by Crippen LogP contribution is 2.19. The van der Waals surface area contributed by atoms with Crippen molar-refractivity contribution in [2.45, 2.75) is 46.1 Å². The number of ether oxygens (including phenoxy) is 1. The highest BCUT2D eigenvalue weighted by molar-refractivity contribution is 5.35. The van der Waals surface area contributed by atoms with Gasteiger partial charge >= 0.3 is 0 Å². The minimum Gasteiger partial charge on any atom is -0.493 e. The molecular weight excluding hydrogens is 200 g/mol. The summed E-state index contributed by atoms with van der Waals surface area (Å²) in [7, 11) is 0. The minimum absolute atomic E-state index is 0.194. The van der Waals surface area contributed by atoms with E-state index in [-0.39, 0.29) is 6.10 Å². The third-order valence-corrected chi connectivity index (χ3v) is 2.62. The van der Waals surface area contributed by atoms with Crippen molar-refractivity contribution in [3.05, 3.63) is 29.3 Å². The Morgan fingerprint density at radius 3 is 2.69 bits per heavy atom. The SMILES string of the molecule is Cc1ccc(C)c(OCCCCC(C)O)c1. The lowest BCUT2D eigenvalue weighted by molar-refractivity contribution is 0.177. The van der Waals surface area contributed by atoms with Crippen molar-refractivity contribution in [3.8, 4) is 5.75 Å². The highest BCUT2D eigenvalue weighted by Gasteiger charge is 2.00. The first-order valence-corrected chi connectivity index (χ1v) is 5.97. The number of aliphatic hydroxyl groups excluding tert-OH is 1. The summed E-state index contributed by atoms with van der Waals surface area (Å²) in [4.78, 5) is 0. The average Bonchev–Trinajstić information content (AvgIpc) is 2.22.